The molecule has 2 rings (SSSR count). The Morgan fingerprint density at radius 2 is 1.64 bits per heavy atom. The molecule has 2 atom stereocenters. The van der Waals surface area contributed by atoms with Gasteiger partial charge in [0.15, 0.2) is 0 Å². The van der Waals surface area contributed by atoms with E-state index in [1.54, 1.807) is 6.92 Å². The van der Waals surface area contributed by atoms with Crippen molar-refractivity contribution in [3.05, 3.63) is 34.7 Å². The van der Waals surface area contributed by atoms with Gasteiger partial charge in [-0.05, 0) is 35.3 Å². The Balaban J connectivity index is 0.00000104. The number of halogens is 1. The van der Waals surface area contributed by atoms with Crippen LogP contribution in [0.3, 0.4) is 0 Å². The molecule has 5 heteroatoms. The zero-order valence-electron chi connectivity index (χ0n) is 15.8. The second-order valence-electron chi connectivity index (χ2n) is 6.76. The van der Waals surface area contributed by atoms with Crippen LogP contribution in [-0.2, 0) is 27.2 Å². The molecule has 0 amide bonds. The van der Waals surface area contributed by atoms with Gasteiger partial charge in [-0.2, -0.15) is 5.25 Å². The first-order chi connectivity index (χ1) is 11.9. The maximum absolute atomic E-state index is 7.44. The van der Waals surface area contributed by atoms with Crippen molar-refractivity contribution in [1.82, 2.24) is 0 Å². The summed E-state index contributed by atoms with van der Waals surface area (Å²) < 4.78 is 0. The van der Waals surface area contributed by atoms with Gasteiger partial charge in [0.05, 0.1) is 5.69 Å². The molecule has 0 spiro atoms. The fraction of sp³-hybridized carbons (Fsp3) is 0.600. The van der Waals surface area contributed by atoms with Crippen LogP contribution < -0.4 is 0 Å². The van der Waals surface area contributed by atoms with Gasteiger partial charge in [0.1, 0.15) is 0 Å². The molecule has 1 aromatic rings. The molecule has 0 aromatic heterocycles. The molecule has 0 radical (unpaired) electrons. The average Bonchev–Trinajstić information content (AvgIpc) is 3.00. The van der Waals surface area contributed by atoms with E-state index in [0.717, 1.165) is 6.21 Å². The number of hydrogen-bond acceptors (Lipinski definition) is 2. The van der Waals surface area contributed by atoms with E-state index in [2.05, 4.69) is 76.9 Å². The van der Waals surface area contributed by atoms with E-state index in [1.807, 2.05) is 0 Å². The molecule has 0 heterocycles. The number of hydrogen-bond donors (Lipinski definition) is 0. The summed E-state index contributed by atoms with van der Waals surface area (Å²) >= 11 is 8.86. The summed E-state index contributed by atoms with van der Waals surface area (Å²) in [5, 5.41) is 7.83. The molecule has 1 fully saturated rings. The van der Waals surface area contributed by atoms with Crippen molar-refractivity contribution in [2.75, 3.05) is 0 Å². The Kier molecular flexibility index (Phi) is 13.7. The summed E-state index contributed by atoms with van der Waals surface area (Å²) in [6.45, 7) is 10.5. The quantitative estimate of drug-likeness (QED) is 0.301. The van der Waals surface area contributed by atoms with Gasteiger partial charge in [-0.3, -0.25) is 4.99 Å². The molecule has 0 bridgehead atoms. The Hall–Kier alpha value is -0.306. The number of benzene rings is 1. The van der Waals surface area contributed by atoms with Crippen LogP contribution in [0.1, 0.15) is 76.8 Å². The number of nitrogens with zero attached hydrogens (tertiary/aromatic N) is 2. The number of rotatable bonds is 4. The molecule has 1 aliphatic carbocycles. The summed E-state index contributed by atoms with van der Waals surface area (Å²) in [5.41, 5.74) is 3.89. The SMILES string of the molecule is CC(C)c1cccc(C(C)C)c1N=CC1CCCC1[S-].CC=[N-].[Cl][Ni]. The molecule has 2 nitrogen and oxygen atoms in total. The standard InChI is InChI=1S/C18H27NS.C2H4N.ClH.Ni/c1-12(2)15-8-6-9-16(13(3)4)18(15)19-11-14-7-5-10-17(14)20;1-2-3;;/h6,8-9,11-14,17,20H,5,7,10H2,1-4H3;2H,1H3;1H;/q;-1;;+1/p-2. The second-order valence-corrected chi connectivity index (χ2v) is 7.37. The first kappa shape index (κ1) is 24.7. The molecule has 0 saturated heterocycles. The van der Waals surface area contributed by atoms with Crippen molar-refractivity contribution in [2.24, 2.45) is 10.9 Å². The summed E-state index contributed by atoms with van der Waals surface area (Å²) in [5.74, 6) is 1.50. The molecular weight excluding hydrogens is 394 g/mol. The Morgan fingerprint density at radius 3 is 2.00 bits per heavy atom. The second kappa shape index (κ2) is 13.8. The van der Waals surface area contributed by atoms with Crippen molar-refractivity contribution in [2.45, 2.75) is 71.0 Å². The predicted octanol–water partition coefficient (Wildman–Crippen LogP) is 6.68. The average molecular weight is 425 g/mol. The van der Waals surface area contributed by atoms with Crippen LogP contribution in [-0.4, -0.2) is 17.7 Å². The molecular formula is C20H30ClN2NiS-2. The monoisotopic (exact) mass is 423 g/mol. The van der Waals surface area contributed by atoms with Gasteiger partial charge in [0.2, 0.25) is 0 Å². The molecule has 0 aliphatic heterocycles. The van der Waals surface area contributed by atoms with Crippen LogP contribution in [0.15, 0.2) is 23.2 Å². The third kappa shape index (κ3) is 8.28. The number of para-hydroxylation sites is 1. The van der Waals surface area contributed by atoms with Gasteiger partial charge < -0.3 is 18.0 Å². The van der Waals surface area contributed by atoms with Gasteiger partial charge in [0, 0.05) is 6.21 Å². The van der Waals surface area contributed by atoms with Crippen LogP contribution in [0, 0.1) is 5.92 Å². The molecule has 25 heavy (non-hydrogen) atoms. The third-order valence-electron chi connectivity index (χ3n) is 4.24. The summed E-state index contributed by atoms with van der Waals surface area (Å²) in [4.78, 5) is 4.89. The van der Waals surface area contributed by atoms with Gasteiger partial charge in [-0.15, -0.1) is 0 Å². The Bertz CT molecular complexity index is 506. The number of aliphatic imine (C=N–C) groups is 1. The van der Waals surface area contributed by atoms with E-state index >= 15 is 0 Å². The molecule has 1 aliphatic rings. The van der Waals surface area contributed by atoms with E-state index in [9.17, 15) is 0 Å². The van der Waals surface area contributed by atoms with Crippen LogP contribution in [0.5, 0.6) is 0 Å². The maximum atomic E-state index is 7.44. The van der Waals surface area contributed by atoms with Crippen LogP contribution in [0.25, 0.3) is 5.41 Å². The van der Waals surface area contributed by atoms with Crippen LogP contribution in [0.2, 0.25) is 0 Å². The molecule has 1 aromatic carbocycles. The first-order valence-corrected chi connectivity index (χ1v) is 10.6. The molecule has 0 N–H and O–H groups in total. The fourth-order valence-electron chi connectivity index (χ4n) is 2.96. The van der Waals surface area contributed by atoms with Crippen LogP contribution in [0.4, 0.5) is 5.69 Å². The molecule has 2 unspecified atom stereocenters. The van der Waals surface area contributed by atoms with Crippen molar-refractivity contribution >= 4 is 40.9 Å². The van der Waals surface area contributed by atoms with Gasteiger partial charge >= 0.3 is 24.8 Å². The predicted molar refractivity (Wildman–Crippen MR) is 112 cm³/mol. The van der Waals surface area contributed by atoms with E-state index < -0.39 is 0 Å². The fourth-order valence-corrected chi connectivity index (χ4v) is 3.33. The van der Waals surface area contributed by atoms with E-state index in [1.165, 1.54) is 36.1 Å². The summed E-state index contributed by atoms with van der Waals surface area (Å²) in [7, 11) is 4.26. The summed E-state index contributed by atoms with van der Waals surface area (Å²) in [6.07, 6.45) is 6.78. The van der Waals surface area contributed by atoms with Gasteiger partial charge in [-0.25, -0.2) is 6.21 Å². The third-order valence-corrected chi connectivity index (χ3v) is 4.83. The van der Waals surface area contributed by atoms with Crippen molar-refractivity contribution < 1.29 is 14.6 Å². The van der Waals surface area contributed by atoms with Crippen molar-refractivity contribution in [1.29, 1.82) is 0 Å². The van der Waals surface area contributed by atoms with Gasteiger partial charge in [0.25, 0.3) is 0 Å². The zero-order chi connectivity index (χ0) is 19.4. The minimum atomic E-state index is 0.382. The van der Waals surface area contributed by atoms with Crippen molar-refractivity contribution in [3.63, 3.8) is 0 Å². The topological polar surface area (TPSA) is 34.7 Å². The van der Waals surface area contributed by atoms with E-state index in [-0.39, 0.29) is 0 Å². The minimum absolute atomic E-state index is 0.382. The normalized spacial score (nSPS) is 19.5. The Labute approximate surface area is 171 Å². The zero-order valence-corrected chi connectivity index (χ0v) is 18.4. The first-order valence-electron chi connectivity index (χ1n) is 8.79. The summed E-state index contributed by atoms with van der Waals surface area (Å²) in [6, 6.07) is 6.58. The van der Waals surface area contributed by atoms with E-state index in [4.69, 9.17) is 23.0 Å². The van der Waals surface area contributed by atoms with Crippen LogP contribution >= 0.6 is 10.2 Å². The van der Waals surface area contributed by atoms with Gasteiger partial charge in [-0.1, -0.05) is 65.7 Å². The Morgan fingerprint density at radius 1 is 1.16 bits per heavy atom. The van der Waals surface area contributed by atoms with Crippen molar-refractivity contribution in [3.8, 4) is 0 Å². The molecule has 145 valence electrons. The molecule has 1 saturated carbocycles. The van der Waals surface area contributed by atoms with E-state index in [0.29, 0.717) is 23.0 Å².